The number of pyridine rings is 1. The number of nitrogens with zero attached hydrogens (tertiary/aromatic N) is 2. The van der Waals surface area contributed by atoms with Crippen molar-refractivity contribution in [3.8, 4) is 0 Å². The van der Waals surface area contributed by atoms with E-state index in [0.29, 0.717) is 23.2 Å². The topological polar surface area (TPSA) is 33.2 Å². The minimum Gasteiger partial charge on any atom is -0.335 e. The van der Waals surface area contributed by atoms with Gasteiger partial charge in [0.15, 0.2) is 11.6 Å². The Hall–Kier alpha value is -3.34. The summed E-state index contributed by atoms with van der Waals surface area (Å²) < 4.78 is 26.8. The Labute approximate surface area is 161 Å². The third kappa shape index (κ3) is 3.20. The lowest BCUT2D eigenvalue weighted by Crippen LogP contribution is -2.30. The van der Waals surface area contributed by atoms with Crippen molar-refractivity contribution in [1.29, 1.82) is 0 Å². The normalized spacial score (nSPS) is 11.1. The van der Waals surface area contributed by atoms with Gasteiger partial charge in [0.25, 0.3) is 5.91 Å². The Morgan fingerprint density at radius 2 is 1.75 bits per heavy atom. The van der Waals surface area contributed by atoms with Gasteiger partial charge in [-0.1, -0.05) is 36.4 Å². The van der Waals surface area contributed by atoms with Gasteiger partial charge in [0.05, 0.1) is 11.1 Å². The van der Waals surface area contributed by atoms with Crippen LogP contribution in [0.3, 0.4) is 0 Å². The van der Waals surface area contributed by atoms with Crippen LogP contribution in [0.25, 0.3) is 21.7 Å². The highest BCUT2D eigenvalue weighted by Crippen LogP contribution is 2.28. The fourth-order valence-corrected chi connectivity index (χ4v) is 3.45. The highest BCUT2D eigenvalue weighted by Gasteiger charge is 2.20. The van der Waals surface area contributed by atoms with Gasteiger partial charge in [-0.25, -0.2) is 8.78 Å². The number of hydrogen-bond donors (Lipinski definition) is 0. The van der Waals surface area contributed by atoms with Crippen molar-refractivity contribution in [2.75, 3.05) is 6.54 Å². The molecule has 0 unspecified atom stereocenters. The SMILES string of the molecule is CCN(Cc1ccc(F)c(F)c1)C(=O)c1cc2ccccc2c2cccnc12. The summed E-state index contributed by atoms with van der Waals surface area (Å²) in [6.07, 6.45) is 1.67. The van der Waals surface area contributed by atoms with E-state index in [4.69, 9.17) is 0 Å². The molecule has 1 heterocycles. The zero-order valence-electron chi connectivity index (χ0n) is 15.3. The summed E-state index contributed by atoms with van der Waals surface area (Å²) in [4.78, 5) is 19.4. The van der Waals surface area contributed by atoms with Crippen LogP contribution in [0.15, 0.2) is 66.9 Å². The second-order valence-electron chi connectivity index (χ2n) is 6.61. The van der Waals surface area contributed by atoms with Crippen LogP contribution in [0.4, 0.5) is 8.78 Å². The standard InChI is InChI=1S/C23H18F2N2O/c1-2-27(14-15-9-10-20(24)21(25)12-15)23(28)19-13-16-6-3-4-7-17(16)18-8-5-11-26-22(18)19/h3-13H,2,14H2,1H3. The maximum atomic E-state index is 13.6. The molecule has 0 aliphatic carbocycles. The monoisotopic (exact) mass is 376 g/mol. The number of carbonyl (C=O) groups excluding carboxylic acids is 1. The number of halogens is 2. The van der Waals surface area contributed by atoms with Gasteiger partial charge < -0.3 is 4.90 Å². The lowest BCUT2D eigenvalue weighted by atomic mass is 10.00. The Morgan fingerprint density at radius 3 is 2.54 bits per heavy atom. The van der Waals surface area contributed by atoms with Crippen LogP contribution in [0.2, 0.25) is 0 Å². The largest absolute Gasteiger partial charge is 0.335 e. The Bertz CT molecular complexity index is 1190. The number of rotatable bonds is 4. The first-order valence-corrected chi connectivity index (χ1v) is 9.08. The molecule has 1 aromatic heterocycles. The van der Waals surface area contributed by atoms with Crippen molar-refractivity contribution >= 4 is 27.6 Å². The smallest absolute Gasteiger partial charge is 0.256 e. The van der Waals surface area contributed by atoms with E-state index in [0.717, 1.165) is 28.3 Å². The molecule has 0 N–H and O–H groups in total. The summed E-state index contributed by atoms with van der Waals surface area (Å²) in [6.45, 7) is 2.47. The van der Waals surface area contributed by atoms with Crippen molar-refractivity contribution in [2.24, 2.45) is 0 Å². The number of benzene rings is 3. The van der Waals surface area contributed by atoms with Gasteiger partial charge in [-0.15, -0.1) is 0 Å². The van der Waals surface area contributed by atoms with Crippen molar-refractivity contribution in [2.45, 2.75) is 13.5 Å². The Balaban J connectivity index is 1.78. The zero-order valence-corrected chi connectivity index (χ0v) is 15.3. The van der Waals surface area contributed by atoms with Crippen LogP contribution in [0.1, 0.15) is 22.8 Å². The third-order valence-corrected chi connectivity index (χ3v) is 4.87. The number of carbonyl (C=O) groups is 1. The third-order valence-electron chi connectivity index (χ3n) is 4.87. The summed E-state index contributed by atoms with van der Waals surface area (Å²) in [5, 5.41) is 2.90. The highest BCUT2D eigenvalue weighted by molar-refractivity contribution is 6.15. The first-order chi connectivity index (χ1) is 13.6. The van der Waals surface area contributed by atoms with E-state index in [1.807, 2.05) is 49.4 Å². The number of fused-ring (bicyclic) bond motifs is 3. The van der Waals surface area contributed by atoms with E-state index in [1.165, 1.54) is 6.07 Å². The number of aromatic nitrogens is 1. The van der Waals surface area contributed by atoms with E-state index in [-0.39, 0.29) is 12.5 Å². The number of hydrogen-bond acceptors (Lipinski definition) is 2. The van der Waals surface area contributed by atoms with Crippen LogP contribution < -0.4 is 0 Å². The summed E-state index contributed by atoms with van der Waals surface area (Å²) in [5.41, 5.74) is 1.67. The molecule has 0 bridgehead atoms. The molecule has 0 saturated carbocycles. The molecular formula is C23H18F2N2O. The summed E-state index contributed by atoms with van der Waals surface area (Å²) >= 11 is 0. The van der Waals surface area contributed by atoms with Crippen LogP contribution in [0, 0.1) is 11.6 Å². The van der Waals surface area contributed by atoms with E-state index >= 15 is 0 Å². The summed E-state index contributed by atoms with van der Waals surface area (Å²) in [6, 6.07) is 17.2. The average Bonchev–Trinajstić information content (AvgIpc) is 2.73. The minimum absolute atomic E-state index is 0.188. The molecule has 0 saturated heterocycles. The quantitative estimate of drug-likeness (QED) is 0.451. The first kappa shape index (κ1) is 18.0. The average molecular weight is 376 g/mol. The summed E-state index contributed by atoms with van der Waals surface area (Å²) in [7, 11) is 0. The minimum atomic E-state index is -0.918. The summed E-state index contributed by atoms with van der Waals surface area (Å²) in [5.74, 6) is -2.01. The molecule has 3 nitrogen and oxygen atoms in total. The van der Waals surface area contributed by atoms with Gasteiger partial charge >= 0.3 is 0 Å². The van der Waals surface area contributed by atoms with Gasteiger partial charge in [-0.2, -0.15) is 0 Å². The van der Waals surface area contributed by atoms with E-state index in [1.54, 1.807) is 11.1 Å². The second-order valence-corrected chi connectivity index (χ2v) is 6.61. The predicted molar refractivity (Wildman–Crippen MR) is 106 cm³/mol. The van der Waals surface area contributed by atoms with Gasteiger partial charge in [0.2, 0.25) is 0 Å². The molecule has 0 spiro atoms. The maximum absolute atomic E-state index is 13.6. The molecule has 28 heavy (non-hydrogen) atoms. The van der Waals surface area contributed by atoms with Crippen LogP contribution in [0.5, 0.6) is 0 Å². The van der Waals surface area contributed by atoms with Gasteiger partial charge in [0, 0.05) is 24.7 Å². The molecule has 4 aromatic rings. The molecule has 3 aromatic carbocycles. The van der Waals surface area contributed by atoms with Crippen molar-refractivity contribution in [3.63, 3.8) is 0 Å². The Morgan fingerprint density at radius 1 is 0.964 bits per heavy atom. The van der Waals surface area contributed by atoms with E-state index in [2.05, 4.69) is 4.98 Å². The molecule has 0 aliphatic heterocycles. The molecule has 0 fully saturated rings. The van der Waals surface area contributed by atoms with Crippen molar-refractivity contribution < 1.29 is 13.6 Å². The molecule has 5 heteroatoms. The zero-order chi connectivity index (χ0) is 19.7. The van der Waals surface area contributed by atoms with Crippen molar-refractivity contribution in [3.05, 3.63) is 89.6 Å². The molecular weight excluding hydrogens is 358 g/mol. The molecule has 1 amide bonds. The number of amides is 1. The second kappa shape index (κ2) is 7.35. The first-order valence-electron chi connectivity index (χ1n) is 9.08. The maximum Gasteiger partial charge on any atom is 0.256 e. The van der Waals surface area contributed by atoms with Crippen LogP contribution in [-0.4, -0.2) is 22.3 Å². The molecule has 4 rings (SSSR count). The fraction of sp³-hybridized carbons (Fsp3) is 0.130. The van der Waals surface area contributed by atoms with Gasteiger partial charge in [-0.3, -0.25) is 9.78 Å². The molecule has 0 aliphatic rings. The van der Waals surface area contributed by atoms with Gasteiger partial charge in [-0.05, 0) is 47.5 Å². The Kier molecular flexibility index (Phi) is 4.74. The van der Waals surface area contributed by atoms with E-state index < -0.39 is 11.6 Å². The fourth-order valence-electron chi connectivity index (χ4n) is 3.45. The van der Waals surface area contributed by atoms with Crippen molar-refractivity contribution in [1.82, 2.24) is 9.88 Å². The van der Waals surface area contributed by atoms with E-state index in [9.17, 15) is 13.6 Å². The van der Waals surface area contributed by atoms with Gasteiger partial charge in [0.1, 0.15) is 0 Å². The van der Waals surface area contributed by atoms with Crippen LogP contribution in [-0.2, 0) is 6.54 Å². The molecule has 0 atom stereocenters. The van der Waals surface area contributed by atoms with Crippen LogP contribution >= 0.6 is 0 Å². The molecule has 140 valence electrons. The highest BCUT2D eigenvalue weighted by atomic mass is 19.2. The predicted octanol–water partition coefficient (Wildman–Crippen LogP) is 5.33. The lowest BCUT2D eigenvalue weighted by molar-refractivity contribution is 0.0754. The molecule has 0 radical (unpaired) electrons. The lowest BCUT2D eigenvalue weighted by Gasteiger charge is -2.22.